The highest BCUT2D eigenvalue weighted by Crippen LogP contribution is 2.27. The first kappa shape index (κ1) is 15.3. The van der Waals surface area contributed by atoms with Gasteiger partial charge in [-0.15, -0.1) is 0 Å². The predicted molar refractivity (Wildman–Crippen MR) is 72.6 cm³/mol. The monoisotopic (exact) mass is 286 g/mol. The first-order valence-electron chi connectivity index (χ1n) is 6.88. The summed E-state index contributed by atoms with van der Waals surface area (Å²) in [5.41, 5.74) is 2.27. The Hall–Kier alpha value is -1.10. The third kappa shape index (κ3) is 4.20. The fourth-order valence-corrected chi connectivity index (χ4v) is 2.54. The van der Waals surface area contributed by atoms with E-state index in [9.17, 15) is 13.2 Å². The van der Waals surface area contributed by atoms with Crippen LogP contribution >= 0.6 is 0 Å². The Bertz CT molecular complexity index is 457. The maximum absolute atomic E-state index is 12.2. The molecule has 5 heteroatoms. The predicted octanol–water partition coefficient (Wildman–Crippen LogP) is 3.42. The molecular weight excluding hydrogens is 265 g/mol. The Balaban J connectivity index is 1.87. The van der Waals surface area contributed by atoms with Crippen LogP contribution in [0.3, 0.4) is 0 Å². The lowest BCUT2D eigenvalue weighted by Gasteiger charge is -2.39. The van der Waals surface area contributed by atoms with E-state index < -0.39 is 12.7 Å². The molecule has 0 N–H and O–H groups in total. The molecule has 0 atom stereocenters. The summed E-state index contributed by atoms with van der Waals surface area (Å²) in [6.45, 7) is 6.66. The van der Waals surface area contributed by atoms with Crippen LogP contribution in [0.2, 0.25) is 0 Å². The van der Waals surface area contributed by atoms with Gasteiger partial charge in [-0.1, -0.05) is 20.8 Å². The molecule has 0 radical (unpaired) electrons. The van der Waals surface area contributed by atoms with Gasteiger partial charge in [0, 0.05) is 25.0 Å². The van der Waals surface area contributed by atoms with E-state index in [1.807, 2.05) is 6.07 Å². The van der Waals surface area contributed by atoms with E-state index in [1.54, 1.807) is 6.20 Å². The summed E-state index contributed by atoms with van der Waals surface area (Å²) in [6, 6.07) is 4.08. The average Bonchev–Trinajstić information content (AvgIpc) is 2.23. The topological polar surface area (TPSA) is 16.1 Å². The van der Waals surface area contributed by atoms with Crippen LogP contribution in [-0.2, 0) is 11.8 Å². The van der Waals surface area contributed by atoms with Gasteiger partial charge in [0.2, 0.25) is 0 Å². The van der Waals surface area contributed by atoms with Crippen molar-refractivity contribution >= 4 is 0 Å². The highest BCUT2D eigenvalue weighted by Gasteiger charge is 2.37. The SMILES string of the molecule is CC(C)(C)c1ccnc(CC2CN(CC(F)(F)F)C2)c1. The number of nitrogens with zero attached hydrogens (tertiary/aromatic N) is 2. The second-order valence-electron chi connectivity index (χ2n) is 6.67. The van der Waals surface area contributed by atoms with Crippen molar-refractivity contribution in [2.24, 2.45) is 5.92 Å². The molecule has 1 fully saturated rings. The number of aromatic nitrogens is 1. The van der Waals surface area contributed by atoms with Gasteiger partial charge < -0.3 is 0 Å². The van der Waals surface area contributed by atoms with Crippen LogP contribution in [0.5, 0.6) is 0 Å². The van der Waals surface area contributed by atoms with E-state index >= 15 is 0 Å². The summed E-state index contributed by atoms with van der Waals surface area (Å²) in [6.07, 6.45) is -1.53. The summed E-state index contributed by atoms with van der Waals surface area (Å²) in [7, 11) is 0. The Kier molecular flexibility index (Phi) is 4.09. The van der Waals surface area contributed by atoms with Gasteiger partial charge >= 0.3 is 6.18 Å². The summed E-state index contributed by atoms with van der Waals surface area (Å²) in [5.74, 6) is 0.292. The second-order valence-corrected chi connectivity index (χ2v) is 6.67. The van der Waals surface area contributed by atoms with Gasteiger partial charge in [-0.25, -0.2) is 0 Å². The number of hydrogen-bond acceptors (Lipinski definition) is 2. The zero-order valence-corrected chi connectivity index (χ0v) is 12.2. The van der Waals surface area contributed by atoms with Crippen molar-refractivity contribution in [1.29, 1.82) is 0 Å². The van der Waals surface area contributed by atoms with Crippen LogP contribution in [-0.4, -0.2) is 35.7 Å². The second kappa shape index (κ2) is 5.35. The van der Waals surface area contributed by atoms with Gasteiger partial charge in [-0.3, -0.25) is 9.88 Å². The molecule has 0 saturated carbocycles. The van der Waals surface area contributed by atoms with Crippen LogP contribution in [0.1, 0.15) is 32.0 Å². The number of rotatable bonds is 3. The summed E-state index contributed by atoms with van der Waals surface area (Å²) in [4.78, 5) is 5.78. The van der Waals surface area contributed by atoms with E-state index in [0.29, 0.717) is 19.0 Å². The lowest BCUT2D eigenvalue weighted by Crippen LogP contribution is -2.51. The largest absolute Gasteiger partial charge is 0.401 e. The summed E-state index contributed by atoms with van der Waals surface area (Å²) >= 11 is 0. The van der Waals surface area contributed by atoms with Gasteiger partial charge in [0.15, 0.2) is 0 Å². The number of likely N-dealkylation sites (tertiary alicyclic amines) is 1. The first-order chi connectivity index (χ1) is 9.13. The molecule has 1 aromatic rings. The van der Waals surface area contributed by atoms with Crippen molar-refractivity contribution in [3.8, 4) is 0 Å². The van der Waals surface area contributed by atoms with E-state index in [4.69, 9.17) is 0 Å². The van der Waals surface area contributed by atoms with Crippen molar-refractivity contribution in [3.63, 3.8) is 0 Å². The standard InChI is InChI=1S/C15H21F3N2/c1-14(2,3)12-4-5-19-13(7-12)6-11-8-20(9-11)10-15(16,17)18/h4-5,7,11H,6,8-10H2,1-3H3. The van der Waals surface area contributed by atoms with Crippen LogP contribution in [0.15, 0.2) is 18.3 Å². The molecule has 0 amide bonds. The molecule has 2 heterocycles. The highest BCUT2D eigenvalue weighted by atomic mass is 19.4. The third-order valence-corrected chi connectivity index (χ3v) is 3.62. The molecule has 0 aliphatic carbocycles. The zero-order chi connectivity index (χ0) is 15.0. The Labute approximate surface area is 118 Å². The molecule has 2 nitrogen and oxygen atoms in total. The van der Waals surface area contributed by atoms with E-state index in [2.05, 4.69) is 31.8 Å². The molecule has 112 valence electrons. The minimum atomic E-state index is -4.09. The Morgan fingerprint density at radius 2 is 1.90 bits per heavy atom. The number of alkyl halides is 3. The first-order valence-corrected chi connectivity index (χ1v) is 6.88. The number of hydrogen-bond donors (Lipinski definition) is 0. The van der Waals surface area contributed by atoms with E-state index in [1.165, 1.54) is 10.5 Å². The maximum atomic E-state index is 12.2. The van der Waals surface area contributed by atoms with Crippen LogP contribution in [0, 0.1) is 5.92 Å². The molecule has 1 aliphatic heterocycles. The molecule has 20 heavy (non-hydrogen) atoms. The van der Waals surface area contributed by atoms with Crippen LogP contribution in [0.4, 0.5) is 13.2 Å². The fraction of sp³-hybridized carbons (Fsp3) is 0.667. The molecule has 0 aromatic carbocycles. The fourth-order valence-electron chi connectivity index (χ4n) is 2.54. The molecule has 1 aromatic heterocycles. The summed E-state index contributed by atoms with van der Waals surface area (Å²) in [5, 5.41) is 0. The van der Waals surface area contributed by atoms with Crippen molar-refractivity contribution in [2.45, 2.75) is 38.8 Å². The van der Waals surface area contributed by atoms with Crippen molar-refractivity contribution in [2.75, 3.05) is 19.6 Å². The van der Waals surface area contributed by atoms with E-state index in [0.717, 1.165) is 12.1 Å². The van der Waals surface area contributed by atoms with E-state index in [-0.39, 0.29) is 5.41 Å². The molecule has 2 rings (SSSR count). The van der Waals surface area contributed by atoms with Gasteiger partial charge in [0.05, 0.1) is 6.54 Å². The van der Waals surface area contributed by atoms with Crippen LogP contribution in [0.25, 0.3) is 0 Å². The maximum Gasteiger partial charge on any atom is 0.401 e. The van der Waals surface area contributed by atoms with Crippen molar-refractivity contribution in [1.82, 2.24) is 9.88 Å². The molecule has 0 bridgehead atoms. The zero-order valence-electron chi connectivity index (χ0n) is 12.2. The van der Waals surface area contributed by atoms with Gasteiger partial charge in [0.1, 0.15) is 0 Å². The van der Waals surface area contributed by atoms with Crippen LogP contribution < -0.4 is 0 Å². The smallest absolute Gasteiger partial charge is 0.294 e. The lowest BCUT2D eigenvalue weighted by atomic mass is 9.86. The summed E-state index contributed by atoms with van der Waals surface area (Å²) < 4.78 is 36.6. The highest BCUT2D eigenvalue weighted by molar-refractivity contribution is 5.24. The molecule has 0 unspecified atom stereocenters. The van der Waals surface area contributed by atoms with Crippen molar-refractivity contribution < 1.29 is 13.2 Å². The lowest BCUT2D eigenvalue weighted by molar-refractivity contribution is -0.158. The Morgan fingerprint density at radius 3 is 2.45 bits per heavy atom. The molecule has 1 aliphatic rings. The van der Waals surface area contributed by atoms with Gasteiger partial charge in [0.25, 0.3) is 0 Å². The normalized spacial score (nSPS) is 18.1. The molecule has 0 spiro atoms. The Morgan fingerprint density at radius 1 is 1.25 bits per heavy atom. The number of pyridine rings is 1. The van der Waals surface area contributed by atoms with Gasteiger partial charge in [-0.2, -0.15) is 13.2 Å². The third-order valence-electron chi connectivity index (χ3n) is 3.62. The molecular formula is C15H21F3N2. The minimum absolute atomic E-state index is 0.0691. The molecule has 1 saturated heterocycles. The van der Waals surface area contributed by atoms with Gasteiger partial charge in [-0.05, 0) is 35.4 Å². The van der Waals surface area contributed by atoms with Crippen molar-refractivity contribution in [3.05, 3.63) is 29.6 Å². The quantitative estimate of drug-likeness (QED) is 0.846. The number of halogens is 3. The minimum Gasteiger partial charge on any atom is -0.294 e. The average molecular weight is 286 g/mol.